The van der Waals surface area contributed by atoms with Crippen LogP contribution in [0, 0.1) is 0 Å². The van der Waals surface area contributed by atoms with Gasteiger partial charge in [0.25, 0.3) is 0 Å². The van der Waals surface area contributed by atoms with Crippen molar-refractivity contribution in [3.63, 3.8) is 0 Å². The fourth-order valence-electron chi connectivity index (χ4n) is 1.07. The van der Waals surface area contributed by atoms with Crippen molar-refractivity contribution in [2.45, 2.75) is 12.8 Å². The summed E-state index contributed by atoms with van der Waals surface area (Å²) in [6.45, 7) is 4.68. The molecule has 1 aliphatic rings. The second kappa shape index (κ2) is 20.6. The predicted octanol–water partition coefficient (Wildman–Crippen LogP) is -2.11. The van der Waals surface area contributed by atoms with E-state index in [1.54, 1.807) is 0 Å². The summed E-state index contributed by atoms with van der Waals surface area (Å²) in [5.41, 5.74) is 10.3. The molecule has 0 aromatic carbocycles. The van der Waals surface area contributed by atoms with Gasteiger partial charge in [-0.1, -0.05) is 0 Å². The third-order valence-electron chi connectivity index (χ3n) is 2.09. The Morgan fingerprint density at radius 1 is 0.957 bits per heavy atom. The lowest BCUT2D eigenvalue weighted by Gasteiger charge is -1.99. The van der Waals surface area contributed by atoms with Crippen molar-refractivity contribution in [2.24, 2.45) is 11.5 Å². The Morgan fingerprint density at radius 3 is 1.65 bits per heavy atom. The highest BCUT2D eigenvalue weighted by Gasteiger charge is 2.10. The molecule has 0 bridgehead atoms. The van der Waals surface area contributed by atoms with E-state index in [0.717, 1.165) is 25.2 Å². The summed E-state index contributed by atoms with van der Waals surface area (Å²) in [6.07, 6.45) is 3.54. The van der Waals surface area contributed by atoms with Crippen LogP contribution in [0.1, 0.15) is 12.8 Å². The van der Waals surface area contributed by atoms with Gasteiger partial charge in [-0.25, -0.2) is 9.59 Å². The van der Waals surface area contributed by atoms with Gasteiger partial charge in [0.05, 0.1) is 0 Å². The number of esters is 2. The van der Waals surface area contributed by atoms with Gasteiger partial charge in [0.15, 0.2) is 0 Å². The Morgan fingerprint density at radius 2 is 1.39 bits per heavy atom. The Kier molecular flexibility index (Phi) is 21.4. The lowest BCUT2D eigenvalue weighted by molar-refractivity contribution is -0.150. The van der Waals surface area contributed by atoms with Crippen LogP contribution in [0.3, 0.4) is 0 Å². The van der Waals surface area contributed by atoms with Gasteiger partial charge in [0.1, 0.15) is 0 Å². The number of hydrogen-bond acceptors (Lipinski definition) is 9. The molecule has 1 rings (SSSR count). The van der Waals surface area contributed by atoms with E-state index in [1.165, 1.54) is 0 Å². The van der Waals surface area contributed by atoms with Gasteiger partial charge >= 0.3 is 11.9 Å². The molecule has 1 aliphatic heterocycles. The molecule has 0 atom stereocenters. The molecule has 0 aromatic heterocycles. The van der Waals surface area contributed by atoms with Crippen LogP contribution >= 0.6 is 0 Å². The molecule has 0 amide bonds. The molecule has 7 N–H and O–H groups in total. The van der Waals surface area contributed by atoms with Crippen LogP contribution in [0.25, 0.3) is 0 Å². The van der Waals surface area contributed by atoms with E-state index in [0.29, 0.717) is 39.1 Å². The van der Waals surface area contributed by atoms with E-state index in [1.807, 2.05) is 0 Å². The molecule has 9 nitrogen and oxygen atoms in total. The number of aliphatic hydroxyl groups excluding tert-OH is 2. The maximum Gasteiger partial charge on any atom is 0.338 e. The van der Waals surface area contributed by atoms with E-state index in [9.17, 15) is 9.59 Å². The first-order chi connectivity index (χ1) is 11.1. The second-order valence-electron chi connectivity index (χ2n) is 4.17. The third kappa shape index (κ3) is 23.0. The first kappa shape index (κ1) is 23.9. The van der Waals surface area contributed by atoms with Crippen molar-refractivity contribution < 1.29 is 29.3 Å². The van der Waals surface area contributed by atoms with E-state index in [-0.39, 0.29) is 13.2 Å². The molecule has 0 fully saturated rings. The van der Waals surface area contributed by atoms with Crippen molar-refractivity contribution in [2.75, 3.05) is 52.6 Å². The van der Waals surface area contributed by atoms with Crippen LogP contribution < -0.4 is 16.8 Å². The molecular formula is C14H29N3O6. The zero-order valence-corrected chi connectivity index (χ0v) is 13.4. The Labute approximate surface area is 136 Å². The highest BCUT2D eigenvalue weighted by Crippen LogP contribution is 1.92. The van der Waals surface area contributed by atoms with E-state index < -0.39 is 11.9 Å². The second-order valence-corrected chi connectivity index (χ2v) is 4.17. The summed E-state index contributed by atoms with van der Waals surface area (Å²) < 4.78 is 8.97. The first-order valence-corrected chi connectivity index (χ1v) is 7.46. The van der Waals surface area contributed by atoms with Crippen LogP contribution in [0.4, 0.5) is 0 Å². The molecule has 0 aromatic rings. The molecule has 0 aliphatic carbocycles. The number of carbonyl (C=O) groups is 2. The predicted molar refractivity (Wildman–Crippen MR) is 85.4 cm³/mol. The smallest absolute Gasteiger partial charge is 0.338 e. The maximum absolute atomic E-state index is 9.92. The number of hydrogen-bond donors (Lipinski definition) is 5. The lowest BCUT2D eigenvalue weighted by Crippen LogP contribution is -2.27. The van der Waals surface area contributed by atoms with Crippen molar-refractivity contribution in [3.05, 3.63) is 12.2 Å². The number of cyclic esters (lactones) is 2. The number of aliphatic hydroxyl groups is 2. The van der Waals surface area contributed by atoms with E-state index >= 15 is 0 Å². The fourth-order valence-corrected chi connectivity index (χ4v) is 1.07. The van der Waals surface area contributed by atoms with Crippen LogP contribution in [0.15, 0.2) is 12.2 Å². The van der Waals surface area contributed by atoms with E-state index in [2.05, 4.69) is 10.1 Å². The number of carbonyl (C=O) groups excluding carboxylic acids is 2. The summed E-state index contributed by atoms with van der Waals surface area (Å²) in [5, 5.41) is 19.6. The molecule has 0 unspecified atom stereocenters. The van der Waals surface area contributed by atoms with Gasteiger partial charge in [0.2, 0.25) is 0 Å². The van der Waals surface area contributed by atoms with E-state index in [4.69, 9.17) is 26.4 Å². The molecule has 23 heavy (non-hydrogen) atoms. The quantitative estimate of drug-likeness (QED) is 0.171. The molecule has 0 saturated heterocycles. The van der Waals surface area contributed by atoms with Crippen LogP contribution in [0.2, 0.25) is 0 Å². The zero-order chi connectivity index (χ0) is 17.8. The van der Waals surface area contributed by atoms with Crippen molar-refractivity contribution in [3.8, 4) is 0 Å². The molecule has 0 radical (unpaired) electrons. The van der Waals surface area contributed by atoms with Gasteiger partial charge in [-0.3, -0.25) is 0 Å². The average molecular weight is 335 g/mol. The molecule has 1 heterocycles. The molecular weight excluding hydrogens is 306 g/mol. The minimum absolute atomic E-state index is 0.180. The standard InChI is InChI=1S/C6H14O3.C4H13N3.C4H2O3/c7-3-1-5-9-6-2-4-8;5-1-3-7-4-2-6;5-3-1-2-4(6)7-3/h7-8H,1-6H2;7H,1-6H2;1-2H. The van der Waals surface area contributed by atoms with Gasteiger partial charge in [0, 0.05) is 64.8 Å². The zero-order valence-electron chi connectivity index (χ0n) is 13.4. The number of nitrogens with two attached hydrogens (primary N) is 2. The molecule has 0 spiro atoms. The summed E-state index contributed by atoms with van der Waals surface area (Å²) >= 11 is 0. The highest BCUT2D eigenvalue weighted by molar-refractivity contribution is 6.04. The topological polar surface area (TPSA) is 157 Å². The van der Waals surface area contributed by atoms with Crippen molar-refractivity contribution in [1.29, 1.82) is 0 Å². The Hall–Kier alpha value is -1.36. The minimum atomic E-state index is -0.579. The van der Waals surface area contributed by atoms with Gasteiger partial charge in [-0.2, -0.15) is 0 Å². The summed E-state index contributed by atoms with van der Waals surface area (Å²) in [6, 6.07) is 0. The summed E-state index contributed by atoms with van der Waals surface area (Å²) in [7, 11) is 0. The number of nitrogens with one attached hydrogen (secondary N) is 1. The SMILES string of the molecule is NCCNCCN.O=C1C=CC(=O)O1.OCCCOCCCO. The largest absolute Gasteiger partial charge is 0.396 e. The lowest BCUT2D eigenvalue weighted by atomic mass is 10.5. The minimum Gasteiger partial charge on any atom is -0.396 e. The number of rotatable bonds is 10. The first-order valence-electron chi connectivity index (χ1n) is 7.46. The highest BCUT2D eigenvalue weighted by atomic mass is 16.6. The number of ether oxygens (including phenoxy) is 2. The average Bonchev–Trinajstić information content (AvgIpc) is 2.92. The van der Waals surface area contributed by atoms with Gasteiger partial charge in [-0.05, 0) is 12.8 Å². The fraction of sp³-hybridized carbons (Fsp3) is 0.714. The van der Waals surface area contributed by atoms with Crippen LogP contribution in [0.5, 0.6) is 0 Å². The van der Waals surface area contributed by atoms with Crippen molar-refractivity contribution >= 4 is 11.9 Å². The normalized spacial score (nSPS) is 12.2. The van der Waals surface area contributed by atoms with Crippen LogP contribution in [-0.4, -0.2) is 74.8 Å². The summed E-state index contributed by atoms with van der Waals surface area (Å²) in [4.78, 5) is 19.8. The van der Waals surface area contributed by atoms with Gasteiger partial charge < -0.3 is 36.5 Å². The molecule has 9 heteroatoms. The van der Waals surface area contributed by atoms with Crippen molar-refractivity contribution in [1.82, 2.24) is 5.32 Å². The summed E-state index contributed by atoms with van der Waals surface area (Å²) in [5.74, 6) is -1.16. The third-order valence-corrected chi connectivity index (χ3v) is 2.09. The van der Waals surface area contributed by atoms with Crippen LogP contribution in [-0.2, 0) is 19.1 Å². The van der Waals surface area contributed by atoms with Gasteiger partial charge in [-0.15, -0.1) is 0 Å². The monoisotopic (exact) mass is 335 g/mol. The maximum atomic E-state index is 9.92. The molecule has 0 saturated carbocycles. The Balaban J connectivity index is 0. The molecule has 136 valence electrons. The Bertz CT molecular complexity index is 287.